The van der Waals surface area contributed by atoms with Crippen LogP contribution in [0.3, 0.4) is 0 Å². The summed E-state index contributed by atoms with van der Waals surface area (Å²) >= 11 is 1.47. The topological polar surface area (TPSA) is 39.2 Å². The van der Waals surface area contributed by atoms with E-state index in [2.05, 4.69) is 9.72 Å². The summed E-state index contributed by atoms with van der Waals surface area (Å²) in [4.78, 5) is 15.3. The number of thiazole rings is 1. The second-order valence-electron chi connectivity index (χ2n) is 3.43. The van der Waals surface area contributed by atoms with Crippen molar-refractivity contribution in [3.8, 4) is 0 Å². The SMILES string of the molecule is COC(=O)c1ccc(/C=C/c2nccs2)c(F)c1. The van der Waals surface area contributed by atoms with Gasteiger partial charge in [0.05, 0.1) is 12.7 Å². The number of carbonyl (C=O) groups is 1. The summed E-state index contributed by atoms with van der Waals surface area (Å²) in [5, 5.41) is 2.64. The Bertz CT molecular complexity index is 579. The van der Waals surface area contributed by atoms with E-state index in [-0.39, 0.29) is 5.56 Å². The fourth-order valence-electron chi connectivity index (χ4n) is 1.38. The Hall–Kier alpha value is -2.01. The van der Waals surface area contributed by atoms with Gasteiger partial charge in [-0.1, -0.05) is 6.07 Å². The molecule has 2 rings (SSSR count). The van der Waals surface area contributed by atoms with Gasteiger partial charge >= 0.3 is 5.97 Å². The molecule has 1 aromatic heterocycles. The number of hydrogen-bond acceptors (Lipinski definition) is 4. The van der Waals surface area contributed by atoms with E-state index < -0.39 is 11.8 Å². The minimum Gasteiger partial charge on any atom is -0.465 e. The highest BCUT2D eigenvalue weighted by Gasteiger charge is 2.08. The van der Waals surface area contributed by atoms with Gasteiger partial charge in [-0.25, -0.2) is 14.2 Å². The summed E-state index contributed by atoms with van der Waals surface area (Å²) in [7, 11) is 1.26. The van der Waals surface area contributed by atoms with Gasteiger partial charge in [0.25, 0.3) is 0 Å². The molecule has 18 heavy (non-hydrogen) atoms. The first-order chi connectivity index (χ1) is 8.70. The van der Waals surface area contributed by atoms with Crippen molar-refractivity contribution in [2.75, 3.05) is 7.11 Å². The van der Waals surface area contributed by atoms with E-state index in [0.29, 0.717) is 5.56 Å². The standard InChI is InChI=1S/C13H10FNO2S/c1-17-13(16)10-3-2-9(11(14)8-10)4-5-12-15-6-7-18-12/h2-8H,1H3/b5-4+. The Kier molecular flexibility index (Phi) is 3.84. The molecule has 0 atom stereocenters. The predicted molar refractivity (Wildman–Crippen MR) is 68.8 cm³/mol. The highest BCUT2D eigenvalue weighted by Crippen LogP contribution is 2.15. The molecule has 0 saturated carbocycles. The normalized spacial score (nSPS) is 10.8. The molecule has 0 N–H and O–H groups in total. The lowest BCUT2D eigenvalue weighted by Crippen LogP contribution is -2.01. The molecule has 0 fully saturated rings. The summed E-state index contributed by atoms with van der Waals surface area (Å²) in [6.07, 6.45) is 5.02. The van der Waals surface area contributed by atoms with Crippen molar-refractivity contribution >= 4 is 29.5 Å². The van der Waals surface area contributed by atoms with E-state index in [4.69, 9.17) is 0 Å². The van der Waals surface area contributed by atoms with Crippen molar-refractivity contribution in [2.24, 2.45) is 0 Å². The van der Waals surface area contributed by atoms with Crippen molar-refractivity contribution in [1.82, 2.24) is 4.98 Å². The molecule has 0 saturated heterocycles. The van der Waals surface area contributed by atoms with Crippen LogP contribution in [0.1, 0.15) is 20.9 Å². The van der Waals surface area contributed by atoms with E-state index in [9.17, 15) is 9.18 Å². The van der Waals surface area contributed by atoms with Crippen LogP contribution in [0, 0.1) is 5.82 Å². The molecule has 0 unspecified atom stereocenters. The quantitative estimate of drug-likeness (QED) is 0.798. The van der Waals surface area contributed by atoms with E-state index >= 15 is 0 Å². The average Bonchev–Trinajstić information content (AvgIpc) is 2.89. The monoisotopic (exact) mass is 263 g/mol. The Morgan fingerprint density at radius 3 is 2.89 bits per heavy atom. The smallest absolute Gasteiger partial charge is 0.337 e. The molecule has 0 spiro atoms. The maximum atomic E-state index is 13.7. The number of rotatable bonds is 3. The highest BCUT2D eigenvalue weighted by molar-refractivity contribution is 7.10. The van der Waals surface area contributed by atoms with Crippen LogP contribution in [0.25, 0.3) is 12.2 Å². The zero-order chi connectivity index (χ0) is 13.0. The molecule has 0 amide bonds. The van der Waals surface area contributed by atoms with Gasteiger partial charge in [0, 0.05) is 17.1 Å². The Balaban J connectivity index is 2.22. The van der Waals surface area contributed by atoms with Gasteiger partial charge in [-0.05, 0) is 24.3 Å². The number of hydrogen-bond donors (Lipinski definition) is 0. The molecule has 1 aromatic carbocycles. The number of carbonyl (C=O) groups excluding carboxylic acids is 1. The molecule has 0 aliphatic carbocycles. The van der Waals surface area contributed by atoms with Crippen LogP contribution in [-0.2, 0) is 4.74 Å². The predicted octanol–water partition coefficient (Wildman–Crippen LogP) is 3.24. The van der Waals surface area contributed by atoms with Crippen molar-refractivity contribution < 1.29 is 13.9 Å². The third-order valence-electron chi connectivity index (χ3n) is 2.28. The summed E-state index contributed by atoms with van der Waals surface area (Å²) in [6, 6.07) is 4.22. The molecule has 0 aliphatic heterocycles. The Morgan fingerprint density at radius 2 is 2.28 bits per heavy atom. The van der Waals surface area contributed by atoms with Gasteiger partial charge in [-0.15, -0.1) is 11.3 Å². The van der Waals surface area contributed by atoms with E-state index in [1.54, 1.807) is 18.3 Å². The largest absolute Gasteiger partial charge is 0.465 e. The molecular weight excluding hydrogens is 253 g/mol. The van der Waals surface area contributed by atoms with E-state index in [1.165, 1.54) is 30.6 Å². The molecule has 5 heteroatoms. The second-order valence-corrected chi connectivity index (χ2v) is 4.36. The lowest BCUT2D eigenvalue weighted by molar-refractivity contribution is 0.0600. The number of esters is 1. The fourth-order valence-corrected chi connectivity index (χ4v) is 1.91. The Labute approximate surface area is 108 Å². The molecule has 92 valence electrons. The van der Waals surface area contributed by atoms with Crippen molar-refractivity contribution in [3.63, 3.8) is 0 Å². The molecule has 0 radical (unpaired) electrons. The first-order valence-corrected chi connectivity index (χ1v) is 6.04. The van der Waals surface area contributed by atoms with Crippen molar-refractivity contribution in [2.45, 2.75) is 0 Å². The van der Waals surface area contributed by atoms with Gasteiger partial charge in [-0.2, -0.15) is 0 Å². The van der Waals surface area contributed by atoms with E-state index in [1.807, 2.05) is 5.38 Å². The van der Waals surface area contributed by atoms with Crippen LogP contribution < -0.4 is 0 Å². The number of nitrogens with zero attached hydrogens (tertiary/aromatic N) is 1. The number of ether oxygens (including phenoxy) is 1. The van der Waals surface area contributed by atoms with E-state index in [0.717, 1.165) is 11.1 Å². The van der Waals surface area contributed by atoms with Crippen LogP contribution in [0.2, 0.25) is 0 Å². The number of methoxy groups -OCH3 is 1. The zero-order valence-corrected chi connectivity index (χ0v) is 10.4. The van der Waals surface area contributed by atoms with Crippen LogP contribution >= 0.6 is 11.3 Å². The summed E-state index contributed by atoms with van der Waals surface area (Å²) in [6.45, 7) is 0. The van der Waals surface area contributed by atoms with Crippen LogP contribution in [-0.4, -0.2) is 18.1 Å². The lowest BCUT2D eigenvalue weighted by atomic mass is 10.1. The van der Waals surface area contributed by atoms with Gasteiger partial charge < -0.3 is 4.74 Å². The van der Waals surface area contributed by atoms with Crippen molar-refractivity contribution in [3.05, 3.63) is 51.7 Å². The van der Waals surface area contributed by atoms with Crippen molar-refractivity contribution in [1.29, 1.82) is 0 Å². The third kappa shape index (κ3) is 2.81. The molecule has 3 nitrogen and oxygen atoms in total. The lowest BCUT2D eigenvalue weighted by Gasteiger charge is -2.01. The van der Waals surface area contributed by atoms with Crippen LogP contribution in [0.4, 0.5) is 4.39 Å². The van der Waals surface area contributed by atoms with Crippen LogP contribution in [0.5, 0.6) is 0 Å². The molecule has 0 bridgehead atoms. The van der Waals surface area contributed by atoms with Gasteiger partial charge in [0.1, 0.15) is 10.8 Å². The number of aromatic nitrogens is 1. The molecule has 0 aliphatic rings. The fraction of sp³-hybridized carbons (Fsp3) is 0.0769. The zero-order valence-electron chi connectivity index (χ0n) is 9.59. The third-order valence-corrected chi connectivity index (χ3v) is 3.02. The van der Waals surface area contributed by atoms with Gasteiger partial charge in [0.15, 0.2) is 0 Å². The summed E-state index contributed by atoms with van der Waals surface area (Å²) in [5.41, 5.74) is 0.597. The minimum atomic E-state index is -0.552. The van der Waals surface area contributed by atoms with Gasteiger partial charge in [-0.3, -0.25) is 0 Å². The van der Waals surface area contributed by atoms with Crippen LogP contribution in [0.15, 0.2) is 29.8 Å². The summed E-state index contributed by atoms with van der Waals surface area (Å²) in [5.74, 6) is -1.02. The first-order valence-electron chi connectivity index (χ1n) is 5.16. The minimum absolute atomic E-state index is 0.196. The Morgan fingerprint density at radius 1 is 1.44 bits per heavy atom. The first kappa shape index (κ1) is 12.4. The maximum absolute atomic E-state index is 13.7. The van der Waals surface area contributed by atoms with Gasteiger partial charge in [0.2, 0.25) is 0 Å². The molecule has 2 aromatic rings. The maximum Gasteiger partial charge on any atom is 0.337 e. The number of benzene rings is 1. The second kappa shape index (κ2) is 5.55. The molecular formula is C13H10FNO2S. The molecule has 1 heterocycles. The highest BCUT2D eigenvalue weighted by atomic mass is 32.1. The average molecular weight is 263 g/mol. The summed E-state index contributed by atoms with van der Waals surface area (Å²) < 4.78 is 18.2. The number of halogens is 1.